The van der Waals surface area contributed by atoms with Crippen molar-refractivity contribution in [3.63, 3.8) is 0 Å². The summed E-state index contributed by atoms with van der Waals surface area (Å²) >= 11 is 8.68. The van der Waals surface area contributed by atoms with Crippen LogP contribution < -0.4 is 15.5 Å². The van der Waals surface area contributed by atoms with E-state index in [1.165, 1.54) is 17.0 Å². The van der Waals surface area contributed by atoms with Crippen molar-refractivity contribution in [2.75, 3.05) is 32.8 Å². The molecule has 1 fully saturated rings. The zero-order valence-corrected chi connectivity index (χ0v) is 17.6. The maximum absolute atomic E-state index is 13.3. The van der Waals surface area contributed by atoms with Gasteiger partial charge in [-0.3, -0.25) is 10.1 Å². The first-order valence-electron chi connectivity index (χ1n) is 9.06. The van der Waals surface area contributed by atoms with Crippen molar-refractivity contribution in [3.05, 3.63) is 69.9 Å². The van der Waals surface area contributed by atoms with E-state index >= 15 is 0 Å². The summed E-state index contributed by atoms with van der Waals surface area (Å²) in [5, 5.41) is 6.12. The number of morpholine rings is 1. The van der Waals surface area contributed by atoms with Gasteiger partial charge >= 0.3 is 0 Å². The fraction of sp³-hybridized carbons (Fsp3) is 0.300. The molecule has 8 heteroatoms. The minimum absolute atomic E-state index is 0.0720. The molecule has 1 aliphatic heterocycles. The fourth-order valence-corrected chi connectivity index (χ4v) is 3.87. The molecule has 1 saturated heterocycles. The molecule has 1 heterocycles. The van der Waals surface area contributed by atoms with E-state index in [1.54, 1.807) is 30.3 Å². The summed E-state index contributed by atoms with van der Waals surface area (Å²) in [7, 11) is 0. The zero-order valence-electron chi connectivity index (χ0n) is 15.2. The Morgan fingerprint density at radius 1 is 1.18 bits per heavy atom. The van der Waals surface area contributed by atoms with E-state index in [9.17, 15) is 9.18 Å². The summed E-state index contributed by atoms with van der Waals surface area (Å²) < 4.78 is 19.5. The molecule has 5 nitrogen and oxygen atoms in total. The summed E-state index contributed by atoms with van der Waals surface area (Å²) in [4.78, 5) is 13.7. The van der Waals surface area contributed by atoms with Gasteiger partial charge in [-0.2, -0.15) is 0 Å². The minimum atomic E-state index is -0.276. The lowest BCUT2D eigenvalue weighted by atomic mass is 10.0. The van der Waals surface area contributed by atoms with Crippen molar-refractivity contribution in [2.24, 2.45) is 0 Å². The Bertz CT molecular complexity index is 828. The number of hydrogen-bond donors (Lipinski definition) is 3. The lowest BCUT2D eigenvalue weighted by Gasteiger charge is -2.32. The molecule has 0 aliphatic carbocycles. The Morgan fingerprint density at radius 3 is 2.54 bits per heavy atom. The lowest BCUT2D eigenvalue weighted by Crippen LogP contribution is -3.15. The maximum Gasteiger partial charge on any atom is 0.258 e. The van der Waals surface area contributed by atoms with Crippen molar-refractivity contribution in [1.82, 2.24) is 10.6 Å². The molecule has 148 valence electrons. The van der Waals surface area contributed by atoms with Crippen LogP contribution >= 0.6 is 28.1 Å². The van der Waals surface area contributed by atoms with Gasteiger partial charge in [0.1, 0.15) is 24.9 Å². The molecular formula is C20H22BrFN3O2S+. The van der Waals surface area contributed by atoms with E-state index in [1.807, 2.05) is 6.07 Å². The van der Waals surface area contributed by atoms with E-state index in [4.69, 9.17) is 17.0 Å². The zero-order chi connectivity index (χ0) is 19.9. The standard InChI is InChI=1S/C20H21BrFN3O2S/c21-17-4-2-1-3-16(17)19(26)24-20(28)23-13-18(25-9-11-27-12-10-25)14-5-7-15(22)8-6-14/h1-8,18H,9-13H2,(H2,23,24,26,28)/p+1/t18-/m1/s1. The molecule has 28 heavy (non-hydrogen) atoms. The SMILES string of the molecule is O=C(NC(=S)NC[C@H](c1ccc(F)cc1)[NH+]1CCOCC1)c1ccccc1Br. The second-order valence-corrected chi connectivity index (χ2v) is 7.78. The van der Waals surface area contributed by atoms with Crippen LogP contribution in [0.25, 0.3) is 0 Å². The summed E-state index contributed by atoms with van der Waals surface area (Å²) in [5.74, 6) is -0.536. The fourth-order valence-electron chi connectivity index (χ4n) is 3.23. The number of nitrogens with one attached hydrogen (secondary N) is 3. The summed E-state index contributed by atoms with van der Waals surface area (Å²) in [5.41, 5.74) is 1.53. The molecule has 0 radical (unpaired) electrons. The highest BCUT2D eigenvalue weighted by atomic mass is 79.9. The third-order valence-electron chi connectivity index (χ3n) is 4.71. The number of rotatable bonds is 5. The summed E-state index contributed by atoms with van der Waals surface area (Å²) in [6.45, 7) is 3.63. The number of carbonyl (C=O) groups is 1. The van der Waals surface area contributed by atoms with Crippen molar-refractivity contribution in [3.8, 4) is 0 Å². The Kier molecular flexibility index (Phi) is 7.50. The second-order valence-electron chi connectivity index (χ2n) is 6.52. The molecule has 2 aromatic rings. The van der Waals surface area contributed by atoms with Crippen LogP contribution in [0, 0.1) is 5.82 Å². The van der Waals surface area contributed by atoms with Crippen LogP contribution in [0.3, 0.4) is 0 Å². The van der Waals surface area contributed by atoms with E-state index in [0.29, 0.717) is 29.8 Å². The molecule has 1 amide bonds. The van der Waals surface area contributed by atoms with Gasteiger partial charge in [-0.15, -0.1) is 0 Å². The number of thiocarbonyl (C=S) groups is 1. The van der Waals surface area contributed by atoms with Gasteiger partial charge in [0.2, 0.25) is 0 Å². The van der Waals surface area contributed by atoms with Gasteiger partial charge in [-0.1, -0.05) is 24.3 Å². The second kappa shape index (κ2) is 10.1. The van der Waals surface area contributed by atoms with Gasteiger partial charge in [-0.25, -0.2) is 4.39 Å². The summed E-state index contributed by atoms with van der Waals surface area (Å²) in [6.07, 6.45) is 0. The Labute approximate surface area is 177 Å². The molecule has 0 spiro atoms. The predicted molar refractivity (Wildman–Crippen MR) is 113 cm³/mol. The number of ether oxygens (including phenoxy) is 1. The third-order valence-corrected chi connectivity index (χ3v) is 5.65. The van der Waals surface area contributed by atoms with Crippen molar-refractivity contribution in [2.45, 2.75) is 6.04 Å². The highest BCUT2D eigenvalue weighted by Crippen LogP contribution is 2.15. The number of hydrogen-bond acceptors (Lipinski definition) is 3. The van der Waals surface area contributed by atoms with Gasteiger partial charge < -0.3 is 15.0 Å². The quantitative estimate of drug-likeness (QED) is 0.588. The van der Waals surface area contributed by atoms with Gasteiger partial charge in [-0.05, 0) is 52.4 Å². The summed E-state index contributed by atoms with van der Waals surface area (Å²) in [6, 6.07) is 13.8. The largest absolute Gasteiger partial charge is 0.370 e. The Hall–Kier alpha value is -1.87. The first-order chi connectivity index (χ1) is 13.5. The van der Waals surface area contributed by atoms with E-state index < -0.39 is 0 Å². The number of benzene rings is 2. The number of quaternary nitrogens is 1. The van der Waals surface area contributed by atoms with Crippen LogP contribution in [0.15, 0.2) is 53.0 Å². The van der Waals surface area contributed by atoms with Gasteiger partial charge in [0.05, 0.1) is 25.3 Å². The predicted octanol–water partition coefficient (Wildman–Crippen LogP) is 1.85. The maximum atomic E-state index is 13.3. The van der Waals surface area contributed by atoms with Crippen molar-refractivity contribution in [1.29, 1.82) is 0 Å². The van der Waals surface area contributed by atoms with E-state index in [2.05, 4.69) is 26.6 Å². The molecule has 0 saturated carbocycles. The number of halogens is 2. The van der Waals surface area contributed by atoms with Crippen molar-refractivity contribution < 1.29 is 18.8 Å². The molecule has 2 aromatic carbocycles. The molecule has 1 aliphatic rings. The number of carbonyl (C=O) groups excluding carboxylic acids is 1. The molecule has 0 aromatic heterocycles. The van der Waals surface area contributed by atoms with E-state index in [-0.39, 0.29) is 22.9 Å². The monoisotopic (exact) mass is 466 g/mol. The molecular weight excluding hydrogens is 445 g/mol. The lowest BCUT2D eigenvalue weighted by molar-refractivity contribution is -0.937. The van der Waals surface area contributed by atoms with Gasteiger partial charge in [0, 0.05) is 10.0 Å². The third kappa shape index (κ3) is 5.57. The van der Waals surface area contributed by atoms with Crippen LogP contribution in [0.4, 0.5) is 4.39 Å². The molecule has 1 atom stereocenters. The highest BCUT2D eigenvalue weighted by Gasteiger charge is 2.26. The van der Waals surface area contributed by atoms with Gasteiger partial charge in [0.15, 0.2) is 5.11 Å². The molecule has 0 bridgehead atoms. The van der Waals surface area contributed by atoms with Crippen molar-refractivity contribution >= 4 is 39.2 Å². The first-order valence-corrected chi connectivity index (χ1v) is 10.3. The van der Waals surface area contributed by atoms with Crippen LogP contribution in [0.1, 0.15) is 22.0 Å². The van der Waals surface area contributed by atoms with Crippen LogP contribution in [-0.2, 0) is 4.74 Å². The van der Waals surface area contributed by atoms with Crippen LogP contribution in [0.2, 0.25) is 0 Å². The topological polar surface area (TPSA) is 54.8 Å². The Morgan fingerprint density at radius 2 is 1.86 bits per heavy atom. The average molecular weight is 467 g/mol. The smallest absolute Gasteiger partial charge is 0.258 e. The first kappa shape index (κ1) is 20.9. The van der Waals surface area contributed by atoms with Crippen LogP contribution in [-0.4, -0.2) is 43.9 Å². The highest BCUT2D eigenvalue weighted by molar-refractivity contribution is 9.10. The van der Waals surface area contributed by atoms with Gasteiger partial charge in [0.25, 0.3) is 5.91 Å². The molecule has 3 rings (SSSR count). The normalized spacial score (nSPS) is 15.6. The minimum Gasteiger partial charge on any atom is -0.370 e. The Balaban J connectivity index is 1.64. The molecule has 0 unspecified atom stereocenters. The average Bonchev–Trinajstić information content (AvgIpc) is 2.70. The van der Waals surface area contributed by atoms with Crippen LogP contribution in [0.5, 0.6) is 0 Å². The molecule has 3 N–H and O–H groups in total. The number of amides is 1. The van der Waals surface area contributed by atoms with E-state index in [0.717, 1.165) is 18.7 Å².